The average molecular weight is 348 g/mol. The number of imidazole rings is 1. The summed E-state index contributed by atoms with van der Waals surface area (Å²) >= 11 is 0. The van der Waals surface area contributed by atoms with E-state index >= 15 is 0 Å². The summed E-state index contributed by atoms with van der Waals surface area (Å²) in [5.41, 5.74) is -0.957. The molecule has 0 aliphatic carbocycles. The Hall–Kier alpha value is -2.58. The lowest BCUT2D eigenvalue weighted by Gasteiger charge is -2.45. The Kier molecular flexibility index (Phi) is 3.66. The summed E-state index contributed by atoms with van der Waals surface area (Å²) in [6.45, 7) is 0.637. The van der Waals surface area contributed by atoms with Crippen molar-refractivity contribution in [2.45, 2.75) is 18.8 Å². The molecule has 2 fully saturated rings. The van der Waals surface area contributed by atoms with Crippen molar-refractivity contribution < 1.29 is 13.6 Å². The van der Waals surface area contributed by atoms with Gasteiger partial charge < -0.3 is 14.8 Å². The Morgan fingerprint density at radius 1 is 1.16 bits per heavy atom. The zero-order chi connectivity index (χ0) is 17.5. The van der Waals surface area contributed by atoms with Crippen LogP contribution in [0, 0.1) is 5.41 Å². The predicted molar refractivity (Wildman–Crippen MR) is 85.4 cm³/mol. The fourth-order valence-electron chi connectivity index (χ4n) is 3.74. The summed E-state index contributed by atoms with van der Waals surface area (Å²) in [5, 5.41) is 0. The van der Waals surface area contributed by atoms with E-state index in [1.807, 2.05) is 0 Å². The highest BCUT2D eigenvalue weighted by atomic mass is 19.3. The molecule has 1 amide bonds. The third-order valence-corrected chi connectivity index (χ3v) is 5.17. The summed E-state index contributed by atoms with van der Waals surface area (Å²) in [4.78, 5) is 30.7. The molecule has 0 saturated carbocycles. The monoisotopic (exact) mass is 348 g/mol. The smallest absolute Gasteiger partial charge is 0.271 e. The molecular formula is C16H18F2N6O. The number of nitrogens with zero attached hydrogens (tertiary/aromatic N) is 5. The van der Waals surface area contributed by atoms with Crippen LogP contribution in [0.2, 0.25) is 0 Å². The van der Waals surface area contributed by atoms with E-state index in [2.05, 4.69) is 19.9 Å². The molecule has 1 spiro atoms. The van der Waals surface area contributed by atoms with Crippen molar-refractivity contribution in [1.29, 1.82) is 0 Å². The topological polar surface area (TPSA) is 78.0 Å². The van der Waals surface area contributed by atoms with Gasteiger partial charge in [-0.1, -0.05) is 0 Å². The van der Waals surface area contributed by atoms with Crippen molar-refractivity contribution in [2.75, 3.05) is 31.1 Å². The predicted octanol–water partition coefficient (Wildman–Crippen LogP) is 1.58. The van der Waals surface area contributed by atoms with Gasteiger partial charge in [0.1, 0.15) is 5.69 Å². The van der Waals surface area contributed by atoms with Crippen molar-refractivity contribution >= 4 is 11.9 Å². The van der Waals surface area contributed by atoms with Crippen LogP contribution in [-0.2, 0) is 0 Å². The van der Waals surface area contributed by atoms with Gasteiger partial charge in [0.15, 0.2) is 0 Å². The molecule has 132 valence electrons. The van der Waals surface area contributed by atoms with E-state index in [1.165, 1.54) is 17.4 Å². The molecule has 1 N–H and O–H groups in total. The number of H-pyrrole nitrogens is 1. The van der Waals surface area contributed by atoms with Gasteiger partial charge in [0.2, 0.25) is 5.95 Å². The molecule has 0 bridgehead atoms. The van der Waals surface area contributed by atoms with Gasteiger partial charge in [0.25, 0.3) is 11.8 Å². The number of hydrogen-bond donors (Lipinski definition) is 1. The molecule has 2 saturated heterocycles. The minimum Gasteiger partial charge on any atom is -0.341 e. The molecule has 4 rings (SSSR count). The normalized spacial score (nSPS) is 25.5. The number of likely N-dealkylation sites (tertiary alicyclic amines) is 1. The largest absolute Gasteiger partial charge is 0.341 e. The Morgan fingerprint density at radius 2 is 1.96 bits per heavy atom. The first-order chi connectivity index (χ1) is 12.0. The van der Waals surface area contributed by atoms with Crippen LogP contribution in [0.1, 0.15) is 23.3 Å². The Morgan fingerprint density at radius 3 is 2.68 bits per heavy atom. The lowest BCUT2D eigenvalue weighted by molar-refractivity contribution is -0.150. The number of amides is 1. The maximum atomic E-state index is 14.8. The summed E-state index contributed by atoms with van der Waals surface area (Å²) in [6.07, 6.45) is 5.98. The second kappa shape index (κ2) is 5.75. The van der Waals surface area contributed by atoms with Crippen LogP contribution in [0.15, 0.2) is 31.0 Å². The summed E-state index contributed by atoms with van der Waals surface area (Å²) < 4.78 is 29.6. The zero-order valence-electron chi connectivity index (χ0n) is 13.5. The van der Waals surface area contributed by atoms with Crippen molar-refractivity contribution in [3.05, 3.63) is 36.7 Å². The number of anilines is 1. The van der Waals surface area contributed by atoms with Gasteiger partial charge in [-0.3, -0.25) is 4.79 Å². The standard InChI is InChI=1S/C16H18F2N6O/c17-16(18)3-7-23(13(25)12-8-19-11-22-12)9-15(16)2-6-24(10-15)14-20-4-1-5-21-14/h1,4-5,8,11H,2-3,6-7,9-10H2,(H,19,22)/t15-/m0/s1. The first-order valence-electron chi connectivity index (χ1n) is 8.18. The highest BCUT2D eigenvalue weighted by molar-refractivity contribution is 5.92. The summed E-state index contributed by atoms with van der Waals surface area (Å²) in [7, 11) is 0. The Labute approximate surface area is 143 Å². The summed E-state index contributed by atoms with van der Waals surface area (Å²) in [5.74, 6) is -2.67. The van der Waals surface area contributed by atoms with E-state index in [0.29, 0.717) is 24.6 Å². The molecule has 2 aliphatic rings. The van der Waals surface area contributed by atoms with E-state index in [1.54, 1.807) is 23.4 Å². The molecule has 2 aromatic rings. The number of nitrogens with one attached hydrogen (secondary N) is 1. The number of halogens is 2. The second-order valence-corrected chi connectivity index (χ2v) is 6.65. The molecule has 0 unspecified atom stereocenters. The zero-order valence-corrected chi connectivity index (χ0v) is 13.5. The van der Waals surface area contributed by atoms with Gasteiger partial charge in [0, 0.05) is 45.0 Å². The molecule has 7 nitrogen and oxygen atoms in total. The maximum Gasteiger partial charge on any atom is 0.271 e. The molecule has 2 aliphatic heterocycles. The number of aromatic nitrogens is 4. The highest BCUT2D eigenvalue weighted by Crippen LogP contribution is 2.50. The number of carbonyl (C=O) groups excluding carboxylic acids is 1. The van der Waals surface area contributed by atoms with Crippen LogP contribution in [-0.4, -0.2) is 62.8 Å². The van der Waals surface area contributed by atoms with E-state index in [0.717, 1.165) is 0 Å². The fraction of sp³-hybridized carbons (Fsp3) is 0.500. The van der Waals surface area contributed by atoms with Crippen molar-refractivity contribution in [1.82, 2.24) is 24.8 Å². The van der Waals surface area contributed by atoms with Gasteiger partial charge >= 0.3 is 0 Å². The first-order valence-corrected chi connectivity index (χ1v) is 8.18. The van der Waals surface area contributed by atoms with Crippen LogP contribution < -0.4 is 4.90 Å². The fourth-order valence-corrected chi connectivity index (χ4v) is 3.74. The minimum absolute atomic E-state index is 0.0151. The lowest BCUT2D eigenvalue weighted by Crippen LogP contribution is -2.58. The lowest BCUT2D eigenvalue weighted by atomic mass is 9.75. The van der Waals surface area contributed by atoms with Crippen LogP contribution in [0.25, 0.3) is 0 Å². The van der Waals surface area contributed by atoms with E-state index < -0.39 is 11.3 Å². The molecule has 2 aromatic heterocycles. The van der Waals surface area contributed by atoms with Crippen LogP contribution in [0.3, 0.4) is 0 Å². The Bertz CT molecular complexity index is 753. The Balaban J connectivity index is 1.57. The van der Waals surface area contributed by atoms with Crippen molar-refractivity contribution in [2.24, 2.45) is 5.41 Å². The van der Waals surface area contributed by atoms with E-state index in [-0.39, 0.29) is 32.0 Å². The quantitative estimate of drug-likeness (QED) is 0.891. The van der Waals surface area contributed by atoms with Crippen molar-refractivity contribution in [3.8, 4) is 0 Å². The number of alkyl halides is 2. The van der Waals surface area contributed by atoms with Crippen molar-refractivity contribution in [3.63, 3.8) is 0 Å². The maximum absolute atomic E-state index is 14.8. The van der Waals surface area contributed by atoms with Gasteiger partial charge in [-0.2, -0.15) is 0 Å². The molecule has 25 heavy (non-hydrogen) atoms. The average Bonchev–Trinajstić information content (AvgIpc) is 3.29. The summed E-state index contributed by atoms with van der Waals surface area (Å²) in [6, 6.07) is 1.69. The van der Waals surface area contributed by atoms with E-state index in [9.17, 15) is 13.6 Å². The first kappa shape index (κ1) is 15.9. The van der Waals surface area contributed by atoms with Gasteiger partial charge in [-0.25, -0.2) is 23.7 Å². The minimum atomic E-state index is -2.83. The van der Waals surface area contributed by atoms with E-state index in [4.69, 9.17) is 0 Å². The van der Waals surface area contributed by atoms with Gasteiger partial charge in [0.05, 0.1) is 17.9 Å². The second-order valence-electron chi connectivity index (χ2n) is 6.65. The van der Waals surface area contributed by atoms with Gasteiger partial charge in [-0.05, 0) is 12.5 Å². The van der Waals surface area contributed by atoms with Crippen LogP contribution in [0.5, 0.6) is 0 Å². The third kappa shape index (κ3) is 2.63. The molecule has 0 radical (unpaired) electrons. The van der Waals surface area contributed by atoms with Crippen LogP contribution in [0.4, 0.5) is 14.7 Å². The third-order valence-electron chi connectivity index (χ3n) is 5.17. The number of piperidine rings is 1. The molecule has 0 aromatic carbocycles. The highest BCUT2D eigenvalue weighted by Gasteiger charge is 2.60. The van der Waals surface area contributed by atoms with Crippen LogP contribution >= 0.6 is 0 Å². The molecular weight excluding hydrogens is 330 g/mol. The number of carbonyl (C=O) groups is 1. The number of rotatable bonds is 2. The van der Waals surface area contributed by atoms with Gasteiger partial charge in [-0.15, -0.1) is 0 Å². The molecule has 1 atom stereocenters. The SMILES string of the molecule is O=C(c1cnc[nH]1)N1CCC(F)(F)[C@@]2(CCN(c3ncccn3)C2)C1. The molecule has 9 heteroatoms. The number of hydrogen-bond acceptors (Lipinski definition) is 5. The molecule has 4 heterocycles. The number of aromatic amines is 1.